The molecule has 0 atom stereocenters. The van der Waals surface area contributed by atoms with Crippen LogP contribution in [0.25, 0.3) is 0 Å². The van der Waals surface area contributed by atoms with Crippen LogP contribution in [0.3, 0.4) is 0 Å². The molecule has 0 saturated heterocycles. The molecule has 0 fully saturated rings. The summed E-state index contributed by atoms with van der Waals surface area (Å²) in [6.45, 7) is 2.25. The van der Waals surface area contributed by atoms with Crippen LogP contribution in [0.1, 0.15) is 12.2 Å². The van der Waals surface area contributed by atoms with Crippen LogP contribution in [0, 0.1) is 0 Å². The molecule has 2 heterocycles. The lowest BCUT2D eigenvalue weighted by Crippen LogP contribution is -2.15. The second kappa shape index (κ2) is 3.10. The smallest absolute Gasteiger partial charge is 0.315 e. The first-order valence-electron chi connectivity index (χ1n) is 4.17. The van der Waals surface area contributed by atoms with E-state index in [-0.39, 0.29) is 0 Å². The fourth-order valence-corrected chi connectivity index (χ4v) is 1.24. The third-order valence-corrected chi connectivity index (χ3v) is 1.80. The molecule has 0 bridgehead atoms. The van der Waals surface area contributed by atoms with Gasteiger partial charge in [0, 0.05) is 19.4 Å². The average molecular weight is 168 g/mol. The fraction of sp³-hybridized carbons (Fsp3) is 0.714. The summed E-state index contributed by atoms with van der Waals surface area (Å²) in [7, 11) is 0. The first kappa shape index (κ1) is 7.54. The van der Waals surface area contributed by atoms with Crippen LogP contribution in [0.2, 0.25) is 0 Å². The molecule has 0 aromatic carbocycles. The second-order valence-electron chi connectivity index (χ2n) is 2.77. The molecule has 1 aromatic heterocycles. The van der Waals surface area contributed by atoms with Gasteiger partial charge >= 0.3 is 6.01 Å². The molecule has 0 amide bonds. The van der Waals surface area contributed by atoms with Gasteiger partial charge in [-0.1, -0.05) is 0 Å². The minimum atomic E-state index is 0.587. The van der Waals surface area contributed by atoms with Crippen LogP contribution < -0.4 is 10.5 Å². The normalized spacial score (nSPS) is 15.4. The third-order valence-electron chi connectivity index (χ3n) is 1.80. The zero-order valence-corrected chi connectivity index (χ0v) is 6.86. The molecule has 0 radical (unpaired) electrons. The van der Waals surface area contributed by atoms with Crippen molar-refractivity contribution in [2.45, 2.75) is 19.4 Å². The molecule has 0 spiro atoms. The number of hydrogen-bond acceptors (Lipinski definition) is 4. The number of aromatic nitrogens is 3. The van der Waals surface area contributed by atoms with E-state index in [1.807, 2.05) is 0 Å². The van der Waals surface area contributed by atoms with Crippen LogP contribution in [0.15, 0.2) is 0 Å². The van der Waals surface area contributed by atoms with Gasteiger partial charge in [0.1, 0.15) is 0 Å². The highest BCUT2D eigenvalue weighted by atomic mass is 16.5. The highest BCUT2D eigenvalue weighted by Gasteiger charge is 2.13. The first-order chi connectivity index (χ1) is 5.90. The quantitative estimate of drug-likeness (QED) is 0.650. The Labute approximate surface area is 70.5 Å². The Morgan fingerprint density at radius 3 is 3.25 bits per heavy atom. The molecule has 0 aliphatic carbocycles. The average Bonchev–Trinajstić information content (AvgIpc) is 2.47. The number of aryl methyl sites for hydroxylation is 1. The van der Waals surface area contributed by atoms with Crippen molar-refractivity contribution in [1.82, 2.24) is 14.8 Å². The monoisotopic (exact) mass is 168 g/mol. The van der Waals surface area contributed by atoms with Crippen LogP contribution in [-0.2, 0) is 13.0 Å². The molecule has 2 rings (SSSR count). The van der Waals surface area contributed by atoms with E-state index in [1.165, 1.54) is 0 Å². The van der Waals surface area contributed by atoms with Crippen molar-refractivity contribution in [1.29, 1.82) is 0 Å². The number of hydrogen-bond donors (Lipinski definition) is 1. The Morgan fingerprint density at radius 2 is 2.50 bits per heavy atom. The first-order valence-corrected chi connectivity index (χ1v) is 4.17. The molecule has 1 aromatic rings. The Bertz CT molecular complexity index is 247. The lowest BCUT2D eigenvalue weighted by atomic mass is 10.4. The zero-order valence-electron chi connectivity index (χ0n) is 6.86. The van der Waals surface area contributed by atoms with Crippen molar-refractivity contribution >= 4 is 0 Å². The lowest BCUT2D eigenvalue weighted by Gasteiger charge is -2.11. The van der Waals surface area contributed by atoms with Gasteiger partial charge in [-0.2, -0.15) is 10.1 Å². The van der Waals surface area contributed by atoms with Crippen LogP contribution in [0.4, 0.5) is 0 Å². The molecule has 1 aliphatic heterocycles. The van der Waals surface area contributed by atoms with E-state index in [1.54, 1.807) is 4.68 Å². The van der Waals surface area contributed by atoms with E-state index in [9.17, 15) is 0 Å². The van der Waals surface area contributed by atoms with E-state index < -0.39 is 0 Å². The maximum absolute atomic E-state index is 5.39. The van der Waals surface area contributed by atoms with E-state index in [2.05, 4.69) is 10.1 Å². The van der Waals surface area contributed by atoms with Gasteiger partial charge in [-0.3, -0.25) is 0 Å². The molecule has 0 unspecified atom stereocenters. The fourth-order valence-electron chi connectivity index (χ4n) is 1.24. The van der Waals surface area contributed by atoms with E-state index in [4.69, 9.17) is 10.5 Å². The Kier molecular flexibility index (Phi) is 1.95. The molecule has 66 valence electrons. The van der Waals surface area contributed by atoms with E-state index in [0.29, 0.717) is 12.6 Å². The lowest BCUT2D eigenvalue weighted by molar-refractivity contribution is 0.221. The molecule has 1 aliphatic rings. The Morgan fingerprint density at radius 1 is 1.58 bits per heavy atom. The second-order valence-corrected chi connectivity index (χ2v) is 2.77. The predicted octanol–water partition coefficient (Wildman–Crippen LogP) is -0.438. The number of rotatable bonds is 2. The Balaban J connectivity index is 2.20. The van der Waals surface area contributed by atoms with Gasteiger partial charge < -0.3 is 10.5 Å². The molecule has 2 N–H and O–H groups in total. The summed E-state index contributed by atoms with van der Waals surface area (Å²) >= 11 is 0. The standard InChI is InChI=1S/C7H12N4O/c8-3-2-6-9-7-11(10-6)4-1-5-12-7/h1-5,8H2. The van der Waals surface area contributed by atoms with Gasteiger partial charge in [0.2, 0.25) is 0 Å². The molecular weight excluding hydrogens is 156 g/mol. The molecule has 0 saturated carbocycles. The predicted molar refractivity (Wildman–Crippen MR) is 42.9 cm³/mol. The van der Waals surface area contributed by atoms with Crippen molar-refractivity contribution < 1.29 is 4.74 Å². The van der Waals surface area contributed by atoms with Crippen molar-refractivity contribution in [3.05, 3.63) is 5.82 Å². The SMILES string of the molecule is NCCc1nc2n(n1)CCCO2. The summed E-state index contributed by atoms with van der Waals surface area (Å²) in [5, 5.41) is 4.24. The van der Waals surface area contributed by atoms with Crippen LogP contribution in [0.5, 0.6) is 6.01 Å². The Hall–Kier alpha value is -1.10. The maximum atomic E-state index is 5.39. The summed E-state index contributed by atoms with van der Waals surface area (Å²) in [5.74, 6) is 0.786. The van der Waals surface area contributed by atoms with Gasteiger partial charge in [0.05, 0.1) is 6.61 Å². The van der Waals surface area contributed by atoms with E-state index in [0.717, 1.165) is 31.8 Å². The number of fused-ring (bicyclic) bond motifs is 1. The summed E-state index contributed by atoms with van der Waals surface area (Å²) in [5.41, 5.74) is 5.39. The summed E-state index contributed by atoms with van der Waals surface area (Å²) < 4.78 is 7.10. The van der Waals surface area contributed by atoms with Gasteiger partial charge in [-0.05, 0) is 6.54 Å². The topological polar surface area (TPSA) is 66.0 Å². The summed E-state index contributed by atoms with van der Waals surface area (Å²) in [4.78, 5) is 4.19. The molecular formula is C7H12N4O. The van der Waals surface area contributed by atoms with Crippen molar-refractivity contribution in [3.8, 4) is 6.01 Å². The zero-order chi connectivity index (χ0) is 8.39. The minimum Gasteiger partial charge on any atom is -0.464 e. The van der Waals surface area contributed by atoms with Gasteiger partial charge in [0.15, 0.2) is 5.82 Å². The molecule has 5 nitrogen and oxygen atoms in total. The van der Waals surface area contributed by atoms with Gasteiger partial charge in [0.25, 0.3) is 0 Å². The van der Waals surface area contributed by atoms with Crippen LogP contribution >= 0.6 is 0 Å². The highest BCUT2D eigenvalue weighted by Crippen LogP contribution is 2.13. The van der Waals surface area contributed by atoms with E-state index >= 15 is 0 Å². The minimum absolute atomic E-state index is 0.587. The number of ether oxygens (including phenoxy) is 1. The molecule has 12 heavy (non-hydrogen) atoms. The highest BCUT2D eigenvalue weighted by molar-refractivity contribution is 5.00. The summed E-state index contributed by atoms with van der Waals surface area (Å²) in [6.07, 6.45) is 1.74. The summed E-state index contributed by atoms with van der Waals surface area (Å²) in [6, 6.07) is 0.643. The molecule has 5 heteroatoms. The van der Waals surface area contributed by atoms with Crippen molar-refractivity contribution in [3.63, 3.8) is 0 Å². The van der Waals surface area contributed by atoms with Crippen molar-refractivity contribution in [2.24, 2.45) is 5.73 Å². The largest absolute Gasteiger partial charge is 0.464 e. The van der Waals surface area contributed by atoms with Gasteiger partial charge in [-0.25, -0.2) is 4.68 Å². The maximum Gasteiger partial charge on any atom is 0.315 e. The third kappa shape index (κ3) is 1.27. The van der Waals surface area contributed by atoms with Gasteiger partial charge in [-0.15, -0.1) is 0 Å². The van der Waals surface area contributed by atoms with Crippen LogP contribution in [-0.4, -0.2) is 27.9 Å². The van der Waals surface area contributed by atoms with Crippen molar-refractivity contribution in [2.75, 3.05) is 13.2 Å². The number of nitrogens with zero attached hydrogens (tertiary/aromatic N) is 3. The number of nitrogens with two attached hydrogens (primary N) is 1.